The van der Waals surface area contributed by atoms with Crippen LogP contribution in [0.1, 0.15) is 49.4 Å². The number of aliphatic hydroxyl groups excluding tert-OH is 1. The molecule has 6 rings (SSSR count). The molecule has 2 aliphatic heterocycles. The Kier molecular flexibility index (Phi) is 6.86. The molecule has 212 valence electrons. The van der Waals surface area contributed by atoms with Crippen molar-refractivity contribution in [1.82, 2.24) is 14.4 Å². The van der Waals surface area contributed by atoms with Gasteiger partial charge >= 0.3 is 6.03 Å². The van der Waals surface area contributed by atoms with Crippen LogP contribution in [0.3, 0.4) is 0 Å². The van der Waals surface area contributed by atoms with Crippen molar-refractivity contribution in [2.45, 2.75) is 43.6 Å². The van der Waals surface area contributed by atoms with Crippen LogP contribution >= 0.6 is 0 Å². The van der Waals surface area contributed by atoms with Crippen molar-refractivity contribution in [2.24, 2.45) is 13.0 Å². The Morgan fingerprint density at radius 2 is 1.70 bits per heavy atom. The smallest absolute Gasteiger partial charge is 0.321 e. The molecule has 2 N–H and O–H groups in total. The molecule has 1 saturated heterocycles. The maximum Gasteiger partial charge on any atom is 0.321 e. The predicted molar refractivity (Wildman–Crippen MR) is 153 cm³/mol. The lowest BCUT2D eigenvalue weighted by molar-refractivity contribution is -0.144. The van der Waals surface area contributed by atoms with Gasteiger partial charge in [-0.2, -0.15) is 0 Å². The van der Waals surface area contributed by atoms with E-state index in [0.717, 1.165) is 65.9 Å². The van der Waals surface area contributed by atoms with Crippen LogP contribution in [0.5, 0.6) is 11.5 Å². The summed E-state index contributed by atoms with van der Waals surface area (Å²) in [6.07, 6.45) is 4.37. The van der Waals surface area contributed by atoms with E-state index in [9.17, 15) is 14.7 Å². The Hall–Kier alpha value is -3.72. The summed E-state index contributed by atoms with van der Waals surface area (Å²) in [4.78, 5) is 30.8. The summed E-state index contributed by atoms with van der Waals surface area (Å²) in [6.45, 7) is 1.57. The summed E-state index contributed by atoms with van der Waals surface area (Å²) in [6, 6.07) is 12.9. The third kappa shape index (κ3) is 4.27. The topological polar surface area (TPSA) is 96.3 Å². The highest BCUT2D eigenvalue weighted by atomic mass is 16.5. The van der Waals surface area contributed by atoms with Gasteiger partial charge in [-0.15, -0.1) is 0 Å². The number of amides is 3. The molecule has 1 atom stereocenters. The van der Waals surface area contributed by atoms with Gasteiger partial charge in [0.15, 0.2) is 0 Å². The molecule has 1 saturated carbocycles. The molecule has 9 nitrogen and oxygen atoms in total. The summed E-state index contributed by atoms with van der Waals surface area (Å²) in [5, 5.41) is 14.8. The van der Waals surface area contributed by atoms with E-state index in [1.54, 1.807) is 14.2 Å². The maximum atomic E-state index is 13.7. The number of urea groups is 1. The monoisotopic (exact) mass is 546 g/mol. The van der Waals surface area contributed by atoms with Crippen LogP contribution < -0.4 is 14.8 Å². The first-order valence-corrected chi connectivity index (χ1v) is 14.2. The largest absolute Gasteiger partial charge is 0.497 e. The molecule has 40 heavy (non-hydrogen) atoms. The minimum atomic E-state index is -0.395. The van der Waals surface area contributed by atoms with E-state index in [4.69, 9.17) is 9.47 Å². The number of carbonyl (C=O) groups excluding carboxylic acids is 2. The number of nitrogens with zero attached hydrogens (tertiary/aromatic N) is 3. The number of benzene rings is 2. The first-order chi connectivity index (χ1) is 19.4. The van der Waals surface area contributed by atoms with Crippen molar-refractivity contribution in [3.63, 3.8) is 0 Å². The lowest BCUT2D eigenvalue weighted by atomic mass is 9.67. The average molecular weight is 547 g/mol. The van der Waals surface area contributed by atoms with E-state index in [1.165, 1.54) is 5.56 Å². The highest BCUT2D eigenvalue weighted by Gasteiger charge is 2.50. The molecule has 9 heteroatoms. The number of methoxy groups -OCH3 is 2. The Bertz CT molecular complexity index is 1420. The lowest BCUT2D eigenvalue weighted by Gasteiger charge is -2.51. The van der Waals surface area contributed by atoms with Gasteiger partial charge in [-0.3, -0.25) is 4.79 Å². The zero-order valence-electron chi connectivity index (χ0n) is 23.5. The fourth-order valence-corrected chi connectivity index (χ4v) is 6.90. The second-order valence-electron chi connectivity index (χ2n) is 11.4. The van der Waals surface area contributed by atoms with Crippen LogP contribution in [0.25, 0.3) is 10.9 Å². The van der Waals surface area contributed by atoms with E-state index >= 15 is 0 Å². The molecular formula is C31H38N4O5. The standard InChI is InChI=1S/C31H38N4O5/c1-33-25-17-23(40-3)11-12-24(25)27-28(33)26(18-36)35(29(37)20-5-4-6-20)19-31(27)13-15-34(16-14-31)30(38)32-21-7-9-22(39-2)10-8-21/h7-12,17,20,26,36H,4-6,13-16,18-19H2,1-3H3,(H,32,38)/t26-/m1/s1. The van der Waals surface area contributed by atoms with Gasteiger partial charge in [-0.1, -0.05) is 6.42 Å². The van der Waals surface area contributed by atoms with Crippen molar-refractivity contribution in [3.8, 4) is 11.5 Å². The molecule has 0 radical (unpaired) electrons. The molecule has 3 aromatic rings. The van der Waals surface area contributed by atoms with E-state index in [2.05, 4.69) is 16.0 Å². The number of nitrogens with one attached hydrogen (secondary N) is 1. The van der Waals surface area contributed by atoms with Crippen molar-refractivity contribution in [1.29, 1.82) is 0 Å². The number of hydrogen-bond acceptors (Lipinski definition) is 5. The minimum Gasteiger partial charge on any atom is -0.497 e. The van der Waals surface area contributed by atoms with Gasteiger partial charge in [0.05, 0.1) is 32.4 Å². The number of anilines is 1. The van der Waals surface area contributed by atoms with Crippen LogP contribution in [0.2, 0.25) is 0 Å². The van der Waals surface area contributed by atoms with E-state index in [-0.39, 0.29) is 29.9 Å². The molecular weight excluding hydrogens is 508 g/mol. The number of hydrogen-bond donors (Lipinski definition) is 2. The zero-order valence-corrected chi connectivity index (χ0v) is 23.5. The van der Waals surface area contributed by atoms with Crippen LogP contribution in [-0.2, 0) is 17.3 Å². The lowest BCUT2D eigenvalue weighted by Crippen LogP contribution is -2.57. The van der Waals surface area contributed by atoms with Gasteiger partial charge in [0.25, 0.3) is 0 Å². The number of ether oxygens (including phenoxy) is 2. The highest BCUT2D eigenvalue weighted by Crippen LogP contribution is 2.51. The summed E-state index contributed by atoms with van der Waals surface area (Å²) < 4.78 is 12.9. The quantitative estimate of drug-likeness (QED) is 0.494. The summed E-state index contributed by atoms with van der Waals surface area (Å²) >= 11 is 0. The third-order valence-corrected chi connectivity index (χ3v) is 9.41. The van der Waals surface area contributed by atoms with Crippen LogP contribution in [-0.4, -0.2) is 71.9 Å². The van der Waals surface area contributed by atoms with Crippen molar-refractivity contribution in [2.75, 3.05) is 45.8 Å². The van der Waals surface area contributed by atoms with E-state index in [0.29, 0.717) is 19.6 Å². The number of rotatable bonds is 5. The van der Waals surface area contributed by atoms with Gasteiger partial charge in [0.1, 0.15) is 11.5 Å². The molecule has 0 bridgehead atoms. The fraction of sp³-hybridized carbons (Fsp3) is 0.484. The molecule has 1 spiro atoms. The molecule has 2 fully saturated rings. The number of aryl methyl sites for hydroxylation is 1. The number of aromatic nitrogens is 1. The van der Waals surface area contributed by atoms with Gasteiger partial charge in [0, 0.05) is 60.8 Å². The first kappa shape index (κ1) is 26.5. The second-order valence-corrected chi connectivity index (χ2v) is 11.4. The SMILES string of the molecule is COc1ccc(NC(=O)N2CCC3(CC2)CN(C(=O)C2CCC2)[C@H](CO)c2c3c3ccc(OC)cc3n2C)cc1. The number of aliphatic hydroxyl groups is 1. The van der Waals surface area contributed by atoms with Gasteiger partial charge in [0.2, 0.25) is 5.91 Å². The number of likely N-dealkylation sites (tertiary alicyclic amines) is 1. The molecule has 3 aliphatic rings. The molecule has 1 aliphatic carbocycles. The van der Waals surface area contributed by atoms with Gasteiger partial charge in [-0.05, 0) is 67.6 Å². The summed E-state index contributed by atoms with van der Waals surface area (Å²) in [7, 11) is 5.30. The molecule has 1 aromatic heterocycles. The number of fused-ring (bicyclic) bond motifs is 4. The average Bonchev–Trinajstić information content (AvgIpc) is 3.25. The summed E-state index contributed by atoms with van der Waals surface area (Å²) in [5.41, 5.74) is 3.64. The second kappa shape index (κ2) is 10.4. The van der Waals surface area contributed by atoms with Crippen LogP contribution in [0.4, 0.5) is 10.5 Å². The van der Waals surface area contributed by atoms with Crippen LogP contribution in [0.15, 0.2) is 42.5 Å². The van der Waals surface area contributed by atoms with Crippen molar-refractivity contribution >= 4 is 28.5 Å². The Morgan fingerprint density at radius 1 is 1.02 bits per heavy atom. The Labute approximate surface area is 234 Å². The third-order valence-electron chi connectivity index (χ3n) is 9.41. The number of piperidine rings is 1. The number of carbonyl (C=O) groups is 2. The van der Waals surface area contributed by atoms with Crippen molar-refractivity contribution in [3.05, 3.63) is 53.7 Å². The maximum absolute atomic E-state index is 13.7. The Balaban J connectivity index is 1.34. The molecule has 2 aromatic carbocycles. The predicted octanol–water partition coefficient (Wildman–Crippen LogP) is 4.44. The molecule has 3 amide bonds. The molecule has 0 unspecified atom stereocenters. The first-order valence-electron chi connectivity index (χ1n) is 14.2. The fourth-order valence-electron chi connectivity index (χ4n) is 6.90. The summed E-state index contributed by atoms with van der Waals surface area (Å²) in [5.74, 6) is 1.70. The molecule has 3 heterocycles. The highest BCUT2D eigenvalue weighted by molar-refractivity contribution is 5.91. The normalized spacial score (nSPS) is 20.2. The minimum absolute atomic E-state index is 0.0396. The van der Waals surface area contributed by atoms with Crippen LogP contribution in [0, 0.1) is 5.92 Å². The van der Waals surface area contributed by atoms with Gasteiger partial charge < -0.3 is 34.3 Å². The van der Waals surface area contributed by atoms with Crippen molar-refractivity contribution < 1.29 is 24.2 Å². The van der Waals surface area contributed by atoms with E-state index < -0.39 is 6.04 Å². The van der Waals surface area contributed by atoms with Gasteiger partial charge in [-0.25, -0.2) is 4.79 Å². The Morgan fingerprint density at radius 3 is 2.30 bits per heavy atom. The zero-order chi connectivity index (χ0) is 28.0. The van der Waals surface area contributed by atoms with E-state index in [1.807, 2.05) is 53.2 Å².